The lowest BCUT2D eigenvalue weighted by molar-refractivity contribution is 0.0777. The van der Waals surface area contributed by atoms with Gasteiger partial charge in [-0.25, -0.2) is 0 Å². The van der Waals surface area contributed by atoms with Crippen molar-refractivity contribution >= 4 is 11.8 Å². The molecule has 1 fully saturated rings. The SMILES string of the molecule is CNC(=O)c1ccc(CN(C)C(=O)c2ccn(C3CCCNC3)n2)cc1. The van der Waals surface area contributed by atoms with Gasteiger partial charge in [0.2, 0.25) is 0 Å². The van der Waals surface area contributed by atoms with E-state index in [0.717, 1.165) is 31.5 Å². The second-order valence-corrected chi connectivity index (χ2v) is 6.62. The molecule has 0 saturated carbocycles. The molecule has 26 heavy (non-hydrogen) atoms. The van der Waals surface area contributed by atoms with E-state index in [1.807, 2.05) is 23.0 Å². The molecule has 0 spiro atoms. The second kappa shape index (κ2) is 8.14. The average Bonchev–Trinajstić information content (AvgIpc) is 3.18. The predicted octanol–water partition coefficient (Wildman–Crippen LogP) is 1.44. The fraction of sp³-hybridized carbons (Fsp3) is 0.421. The number of carbonyl (C=O) groups is 2. The number of benzene rings is 1. The maximum absolute atomic E-state index is 12.6. The fourth-order valence-electron chi connectivity index (χ4n) is 3.16. The van der Waals surface area contributed by atoms with Crippen molar-refractivity contribution < 1.29 is 9.59 Å². The number of nitrogens with zero attached hydrogens (tertiary/aromatic N) is 3. The Morgan fingerprint density at radius 2 is 2.08 bits per heavy atom. The van der Waals surface area contributed by atoms with E-state index in [9.17, 15) is 9.59 Å². The molecular weight excluding hydrogens is 330 g/mol. The molecule has 2 heterocycles. The summed E-state index contributed by atoms with van der Waals surface area (Å²) in [6, 6.07) is 9.34. The minimum absolute atomic E-state index is 0.108. The number of piperidine rings is 1. The van der Waals surface area contributed by atoms with Crippen LogP contribution in [0.1, 0.15) is 45.3 Å². The first kappa shape index (κ1) is 18.1. The van der Waals surface area contributed by atoms with Crippen LogP contribution >= 0.6 is 0 Å². The van der Waals surface area contributed by atoms with E-state index >= 15 is 0 Å². The van der Waals surface area contributed by atoms with Crippen molar-refractivity contribution in [1.82, 2.24) is 25.3 Å². The summed E-state index contributed by atoms with van der Waals surface area (Å²) in [7, 11) is 3.36. The Morgan fingerprint density at radius 3 is 2.73 bits per heavy atom. The van der Waals surface area contributed by atoms with Crippen molar-refractivity contribution in [3.63, 3.8) is 0 Å². The van der Waals surface area contributed by atoms with Crippen LogP contribution in [0.5, 0.6) is 0 Å². The Balaban J connectivity index is 1.62. The lowest BCUT2D eigenvalue weighted by Crippen LogP contribution is -2.32. The summed E-state index contributed by atoms with van der Waals surface area (Å²) in [6.07, 6.45) is 4.09. The number of rotatable bonds is 5. The quantitative estimate of drug-likeness (QED) is 0.851. The molecule has 3 rings (SSSR count). The zero-order valence-electron chi connectivity index (χ0n) is 15.2. The molecule has 2 aromatic rings. The van der Waals surface area contributed by atoms with E-state index < -0.39 is 0 Å². The number of amides is 2. The topological polar surface area (TPSA) is 79.3 Å². The van der Waals surface area contributed by atoms with Crippen molar-refractivity contribution in [2.75, 3.05) is 27.2 Å². The minimum Gasteiger partial charge on any atom is -0.355 e. The lowest BCUT2D eigenvalue weighted by atomic mass is 10.1. The van der Waals surface area contributed by atoms with Gasteiger partial charge >= 0.3 is 0 Å². The van der Waals surface area contributed by atoms with Gasteiger partial charge in [0.1, 0.15) is 5.69 Å². The average molecular weight is 355 g/mol. The Kier molecular flexibility index (Phi) is 5.68. The van der Waals surface area contributed by atoms with Crippen LogP contribution < -0.4 is 10.6 Å². The Hall–Kier alpha value is -2.67. The Labute approximate surface area is 153 Å². The molecule has 7 heteroatoms. The van der Waals surface area contributed by atoms with E-state index in [0.29, 0.717) is 23.8 Å². The van der Waals surface area contributed by atoms with Gasteiger partial charge in [-0.2, -0.15) is 5.10 Å². The summed E-state index contributed by atoms with van der Waals surface area (Å²) >= 11 is 0. The highest BCUT2D eigenvalue weighted by Gasteiger charge is 2.19. The molecule has 0 aliphatic carbocycles. The van der Waals surface area contributed by atoms with Crippen LogP contribution in [0.2, 0.25) is 0 Å². The van der Waals surface area contributed by atoms with Crippen LogP contribution in [0.25, 0.3) is 0 Å². The van der Waals surface area contributed by atoms with Crippen LogP contribution in [0.3, 0.4) is 0 Å². The molecule has 0 bridgehead atoms. The fourth-order valence-corrected chi connectivity index (χ4v) is 3.16. The normalized spacial score (nSPS) is 16.9. The van der Waals surface area contributed by atoms with Crippen LogP contribution in [-0.2, 0) is 6.54 Å². The van der Waals surface area contributed by atoms with Gasteiger partial charge in [-0.3, -0.25) is 14.3 Å². The summed E-state index contributed by atoms with van der Waals surface area (Å²) in [6.45, 7) is 2.40. The largest absolute Gasteiger partial charge is 0.355 e. The maximum atomic E-state index is 12.6. The molecule has 1 unspecified atom stereocenters. The number of hydrogen-bond acceptors (Lipinski definition) is 4. The Morgan fingerprint density at radius 1 is 1.31 bits per heavy atom. The van der Waals surface area contributed by atoms with E-state index in [1.54, 1.807) is 37.2 Å². The molecule has 7 nitrogen and oxygen atoms in total. The first-order valence-electron chi connectivity index (χ1n) is 8.91. The molecule has 1 aromatic heterocycles. The molecule has 1 saturated heterocycles. The third kappa shape index (κ3) is 4.11. The lowest BCUT2D eigenvalue weighted by Gasteiger charge is -2.23. The molecule has 1 aliphatic rings. The maximum Gasteiger partial charge on any atom is 0.274 e. The van der Waals surface area contributed by atoms with Crippen molar-refractivity contribution in [2.45, 2.75) is 25.4 Å². The molecule has 1 aliphatic heterocycles. The van der Waals surface area contributed by atoms with E-state index in [1.165, 1.54) is 0 Å². The smallest absolute Gasteiger partial charge is 0.274 e. The zero-order valence-corrected chi connectivity index (χ0v) is 15.2. The first-order chi connectivity index (χ1) is 12.6. The number of hydrogen-bond donors (Lipinski definition) is 2. The van der Waals surface area contributed by atoms with Crippen molar-refractivity contribution in [1.29, 1.82) is 0 Å². The van der Waals surface area contributed by atoms with Gasteiger partial charge in [0.15, 0.2) is 0 Å². The van der Waals surface area contributed by atoms with Gasteiger partial charge in [0.25, 0.3) is 11.8 Å². The highest BCUT2D eigenvalue weighted by atomic mass is 16.2. The van der Waals surface area contributed by atoms with Gasteiger partial charge in [0.05, 0.1) is 6.04 Å². The highest BCUT2D eigenvalue weighted by Crippen LogP contribution is 2.16. The van der Waals surface area contributed by atoms with Gasteiger partial charge in [0, 0.05) is 38.9 Å². The zero-order chi connectivity index (χ0) is 18.5. The van der Waals surface area contributed by atoms with Gasteiger partial charge < -0.3 is 15.5 Å². The van der Waals surface area contributed by atoms with Crippen molar-refractivity contribution in [2.24, 2.45) is 0 Å². The first-order valence-corrected chi connectivity index (χ1v) is 8.91. The summed E-state index contributed by atoms with van der Waals surface area (Å²) in [4.78, 5) is 25.9. The van der Waals surface area contributed by atoms with E-state index in [2.05, 4.69) is 15.7 Å². The van der Waals surface area contributed by atoms with Gasteiger partial charge in [-0.1, -0.05) is 12.1 Å². The number of aromatic nitrogens is 2. The number of carbonyl (C=O) groups excluding carboxylic acids is 2. The molecule has 1 atom stereocenters. The monoisotopic (exact) mass is 355 g/mol. The van der Waals surface area contributed by atoms with Crippen molar-refractivity contribution in [3.8, 4) is 0 Å². The standard InChI is InChI=1S/C19H25N5O2/c1-20-18(25)15-7-5-14(6-8-15)13-23(2)19(26)17-9-11-24(22-17)16-4-3-10-21-12-16/h5-9,11,16,21H,3-4,10,12-13H2,1-2H3,(H,20,25). The van der Waals surface area contributed by atoms with Crippen LogP contribution in [-0.4, -0.2) is 53.7 Å². The molecule has 138 valence electrons. The third-order valence-corrected chi connectivity index (χ3v) is 4.68. The molecule has 1 aromatic carbocycles. The summed E-state index contributed by atoms with van der Waals surface area (Å²) in [5, 5.41) is 10.4. The molecule has 2 amide bonds. The highest BCUT2D eigenvalue weighted by molar-refractivity contribution is 5.94. The number of nitrogens with one attached hydrogen (secondary N) is 2. The molecular formula is C19H25N5O2. The summed E-state index contributed by atoms with van der Waals surface area (Å²) in [5.74, 6) is -0.230. The second-order valence-electron chi connectivity index (χ2n) is 6.62. The minimum atomic E-state index is -0.122. The van der Waals surface area contributed by atoms with Gasteiger partial charge in [-0.05, 0) is 43.1 Å². The van der Waals surface area contributed by atoms with Crippen molar-refractivity contribution in [3.05, 3.63) is 53.3 Å². The predicted molar refractivity (Wildman–Crippen MR) is 99.0 cm³/mol. The summed E-state index contributed by atoms with van der Waals surface area (Å²) in [5.41, 5.74) is 2.02. The molecule has 2 N–H and O–H groups in total. The van der Waals surface area contributed by atoms with Crippen LogP contribution in [0, 0.1) is 0 Å². The summed E-state index contributed by atoms with van der Waals surface area (Å²) < 4.78 is 1.89. The van der Waals surface area contributed by atoms with Crippen LogP contribution in [0.4, 0.5) is 0 Å². The Bertz CT molecular complexity index is 762. The van der Waals surface area contributed by atoms with E-state index in [4.69, 9.17) is 0 Å². The molecule has 0 radical (unpaired) electrons. The van der Waals surface area contributed by atoms with Gasteiger partial charge in [-0.15, -0.1) is 0 Å². The van der Waals surface area contributed by atoms with Crippen LogP contribution in [0.15, 0.2) is 36.5 Å². The third-order valence-electron chi connectivity index (χ3n) is 4.68. The van der Waals surface area contributed by atoms with E-state index in [-0.39, 0.29) is 11.8 Å².